The Morgan fingerprint density at radius 2 is 1.37 bits per heavy atom. The molecule has 0 aliphatic heterocycles. The maximum absolute atomic E-state index is 10.7. The molecule has 2 aromatic rings. The lowest BCUT2D eigenvalue weighted by Gasteiger charge is -2.35. The summed E-state index contributed by atoms with van der Waals surface area (Å²) in [6, 6.07) is 13.6. The zero-order chi connectivity index (χ0) is 20.1. The average molecular weight is 369 g/mol. The fourth-order valence-corrected chi connectivity index (χ4v) is 4.23. The Labute approximate surface area is 165 Å². The minimum Gasteiger partial charge on any atom is -0.508 e. The molecule has 148 valence electrons. The number of hydrogen-bond donors (Lipinski definition) is 2. The average Bonchev–Trinajstić information content (AvgIpc) is 2.66. The van der Waals surface area contributed by atoms with Crippen molar-refractivity contribution in [3.8, 4) is 11.5 Å². The second kappa shape index (κ2) is 8.82. The molecule has 0 bridgehead atoms. The smallest absolute Gasteiger partial charge is 0.119 e. The summed E-state index contributed by atoms with van der Waals surface area (Å²) in [5.74, 6) is 0.702. The van der Waals surface area contributed by atoms with Crippen LogP contribution in [0.4, 0.5) is 0 Å². The number of aromatic hydroxyl groups is 2. The van der Waals surface area contributed by atoms with Crippen LogP contribution in [0.2, 0.25) is 0 Å². The molecule has 0 unspecified atom stereocenters. The summed E-state index contributed by atoms with van der Waals surface area (Å²) in [6.07, 6.45) is 6.83. The third-order valence-corrected chi connectivity index (χ3v) is 6.49. The molecule has 0 aromatic heterocycles. The predicted molar refractivity (Wildman–Crippen MR) is 115 cm³/mol. The highest BCUT2D eigenvalue weighted by Crippen LogP contribution is 2.44. The van der Waals surface area contributed by atoms with Gasteiger partial charge in [-0.3, -0.25) is 0 Å². The molecule has 0 heterocycles. The van der Waals surface area contributed by atoms with Crippen molar-refractivity contribution in [2.75, 3.05) is 0 Å². The predicted octanol–water partition coefficient (Wildman–Crippen LogP) is 7.06. The van der Waals surface area contributed by atoms with Crippen LogP contribution >= 0.6 is 0 Å². The van der Waals surface area contributed by atoms with Crippen molar-refractivity contribution in [3.63, 3.8) is 0 Å². The van der Waals surface area contributed by atoms with Crippen LogP contribution in [0.5, 0.6) is 11.5 Å². The minimum atomic E-state index is -0.202. The van der Waals surface area contributed by atoms with Crippen LogP contribution in [0.1, 0.15) is 89.8 Å². The highest BCUT2D eigenvalue weighted by Gasteiger charge is 2.32. The third-order valence-electron chi connectivity index (χ3n) is 6.49. The first-order chi connectivity index (χ1) is 12.8. The fourth-order valence-electron chi connectivity index (χ4n) is 4.23. The van der Waals surface area contributed by atoms with Crippen LogP contribution in [-0.2, 0) is 10.8 Å². The Morgan fingerprint density at radius 1 is 0.778 bits per heavy atom. The Morgan fingerprint density at radius 3 is 1.93 bits per heavy atom. The standard InChI is InChI=1S/C25H36O2/c1-6-9-10-17-25(7-2,8-3)22-18-20(13-16-23(22)27)24(4,5)19-11-14-21(26)15-12-19/h11-16,18,26-27H,6-10,17H2,1-5H3. The molecule has 2 N–H and O–H groups in total. The first kappa shape index (κ1) is 21.3. The summed E-state index contributed by atoms with van der Waals surface area (Å²) in [4.78, 5) is 0. The Hall–Kier alpha value is -1.96. The van der Waals surface area contributed by atoms with E-state index in [2.05, 4.69) is 40.7 Å². The lowest BCUT2D eigenvalue weighted by molar-refractivity contribution is 0.333. The van der Waals surface area contributed by atoms with Gasteiger partial charge in [0.1, 0.15) is 11.5 Å². The summed E-state index contributed by atoms with van der Waals surface area (Å²) in [6.45, 7) is 11.1. The molecular formula is C25H36O2. The maximum atomic E-state index is 10.7. The lowest BCUT2D eigenvalue weighted by atomic mass is 9.69. The van der Waals surface area contributed by atoms with E-state index in [4.69, 9.17) is 0 Å². The minimum absolute atomic E-state index is 0.0281. The molecule has 2 aromatic carbocycles. The zero-order valence-electron chi connectivity index (χ0n) is 17.7. The topological polar surface area (TPSA) is 40.5 Å². The van der Waals surface area contributed by atoms with Gasteiger partial charge in [-0.05, 0) is 54.0 Å². The maximum Gasteiger partial charge on any atom is 0.119 e. The SMILES string of the molecule is CCCCCC(CC)(CC)c1cc(C(C)(C)c2ccc(O)cc2)ccc1O. The van der Waals surface area contributed by atoms with Crippen LogP contribution in [0.25, 0.3) is 0 Å². The highest BCUT2D eigenvalue weighted by molar-refractivity contribution is 5.47. The summed E-state index contributed by atoms with van der Waals surface area (Å²) in [7, 11) is 0. The van der Waals surface area contributed by atoms with Gasteiger partial charge in [-0.15, -0.1) is 0 Å². The molecular weight excluding hydrogens is 332 g/mol. The van der Waals surface area contributed by atoms with Gasteiger partial charge in [0.05, 0.1) is 0 Å². The molecule has 0 aliphatic rings. The van der Waals surface area contributed by atoms with Crippen molar-refractivity contribution in [2.24, 2.45) is 0 Å². The molecule has 0 aliphatic carbocycles. The van der Waals surface area contributed by atoms with Crippen LogP contribution in [0.3, 0.4) is 0 Å². The normalized spacial score (nSPS) is 12.3. The number of unbranched alkanes of at least 4 members (excludes halogenated alkanes) is 2. The van der Waals surface area contributed by atoms with Crippen molar-refractivity contribution in [1.29, 1.82) is 0 Å². The molecule has 0 radical (unpaired) electrons. The van der Waals surface area contributed by atoms with Crippen LogP contribution in [0, 0.1) is 0 Å². The van der Waals surface area contributed by atoms with Gasteiger partial charge < -0.3 is 10.2 Å². The quantitative estimate of drug-likeness (QED) is 0.465. The largest absolute Gasteiger partial charge is 0.508 e. The molecule has 2 rings (SSSR count). The van der Waals surface area contributed by atoms with Gasteiger partial charge in [0.15, 0.2) is 0 Å². The zero-order valence-corrected chi connectivity index (χ0v) is 17.7. The van der Waals surface area contributed by atoms with E-state index in [1.807, 2.05) is 24.3 Å². The number of phenols is 2. The van der Waals surface area contributed by atoms with Gasteiger partial charge in [0.2, 0.25) is 0 Å². The summed E-state index contributed by atoms with van der Waals surface area (Å²) in [5, 5.41) is 20.3. The number of rotatable bonds is 9. The Bertz CT molecular complexity index is 724. The number of hydrogen-bond acceptors (Lipinski definition) is 2. The van der Waals surface area contributed by atoms with E-state index >= 15 is 0 Å². The van der Waals surface area contributed by atoms with Crippen molar-refractivity contribution in [2.45, 2.75) is 84.0 Å². The van der Waals surface area contributed by atoms with Gasteiger partial charge in [-0.2, -0.15) is 0 Å². The van der Waals surface area contributed by atoms with Gasteiger partial charge in [0, 0.05) is 11.0 Å². The van der Waals surface area contributed by atoms with Crippen molar-refractivity contribution in [3.05, 3.63) is 59.2 Å². The second-order valence-corrected chi connectivity index (χ2v) is 8.35. The molecule has 27 heavy (non-hydrogen) atoms. The summed E-state index contributed by atoms with van der Waals surface area (Å²) < 4.78 is 0. The summed E-state index contributed by atoms with van der Waals surface area (Å²) in [5.41, 5.74) is 3.27. The van der Waals surface area contributed by atoms with E-state index in [0.29, 0.717) is 5.75 Å². The monoisotopic (exact) mass is 368 g/mol. The van der Waals surface area contributed by atoms with E-state index < -0.39 is 0 Å². The van der Waals surface area contributed by atoms with E-state index in [1.54, 1.807) is 12.1 Å². The molecule has 0 spiro atoms. The number of benzene rings is 2. The molecule has 2 nitrogen and oxygen atoms in total. The molecule has 0 saturated carbocycles. The van der Waals surface area contributed by atoms with Crippen LogP contribution in [-0.4, -0.2) is 10.2 Å². The van der Waals surface area contributed by atoms with E-state index in [9.17, 15) is 10.2 Å². The molecule has 0 amide bonds. The molecule has 0 fully saturated rings. The van der Waals surface area contributed by atoms with Crippen molar-refractivity contribution >= 4 is 0 Å². The van der Waals surface area contributed by atoms with Crippen LogP contribution < -0.4 is 0 Å². The van der Waals surface area contributed by atoms with Gasteiger partial charge in [0.25, 0.3) is 0 Å². The van der Waals surface area contributed by atoms with E-state index in [1.165, 1.54) is 24.8 Å². The van der Waals surface area contributed by atoms with Crippen LogP contribution in [0.15, 0.2) is 42.5 Å². The van der Waals surface area contributed by atoms with Gasteiger partial charge in [-0.25, -0.2) is 0 Å². The van der Waals surface area contributed by atoms with E-state index in [-0.39, 0.29) is 16.6 Å². The first-order valence-corrected chi connectivity index (χ1v) is 10.4. The fraction of sp³-hybridized carbons (Fsp3) is 0.520. The molecule has 2 heteroatoms. The lowest BCUT2D eigenvalue weighted by Crippen LogP contribution is -2.26. The van der Waals surface area contributed by atoms with Gasteiger partial charge in [-0.1, -0.05) is 78.1 Å². The highest BCUT2D eigenvalue weighted by atomic mass is 16.3. The number of phenolic OH excluding ortho intramolecular Hbond substituents is 2. The van der Waals surface area contributed by atoms with Crippen molar-refractivity contribution in [1.82, 2.24) is 0 Å². The van der Waals surface area contributed by atoms with Gasteiger partial charge >= 0.3 is 0 Å². The Balaban J connectivity index is 2.48. The Kier molecular flexibility index (Phi) is 6.97. The molecule has 0 atom stereocenters. The summed E-state index contributed by atoms with van der Waals surface area (Å²) >= 11 is 0. The van der Waals surface area contributed by atoms with Crippen molar-refractivity contribution < 1.29 is 10.2 Å². The third kappa shape index (κ3) is 4.48. The molecule has 0 saturated heterocycles. The first-order valence-electron chi connectivity index (χ1n) is 10.4. The van der Waals surface area contributed by atoms with E-state index in [0.717, 1.165) is 30.4 Å². The second-order valence-electron chi connectivity index (χ2n) is 8.35.